The summed E-state index contributed by atoms with van der Waals surface area (Å²) in [4.78, 5) is 0. The van der Waals surface area contributed by atoms with Gasteiger partial charge < -0.3 is 5.32 Å². The molecule has 0 fully saturated rings. The van der Waals surface area contributed by atoms with Crippen LogP contribution in [-0.2, 0) is 0 Å². The fourth-order valence-corrected chi connectivity index (χ4v) is 1.44. The smallest absolute Gasteiger partial charge is 0.123 e. The number of nitrogens with one attached hydrogen (secondary N) is 1. The zero-order valence-corrected chi connectivity index (χ0v) is 8.18. The predicted octanol–water partition coefficient (Wildman–Crippen LogP) is 2.89. The van der Waals surface area contributed by atoms with E-state index in [0.29, 0.717) is 6.04 Å². The quantitative estimate of drug-likeness (QED) is 0.753. The molecule has 1 atom stereocenters. The highest BCUT2D eigenvalue weighted by Gasteiger charge is 2.06. The van der Waals surface area contributed by atoms with Crippen molar-refractivity contribution in [1.29, 1.82) is 0 Å². The first-order valence-corrected chi connectivity index (χ1v) is 4.76. The first-order valence-electron chi connectivity index (χ1n) is 4.76. The van der Waals surface area contributed by atoms with Crippen molar-refractivity contribution in [2.24, 2.45) is 0 Å². The minimum absolute atomic E-state index is 0.171. The third kappa shape index (κ3) is 2.81. The first kappa shape index (κ1) is 10.2. The summed E-state index contributed by atoms with van der Waals surface area (Å²) in [5.41, 5.74) is 1.16. The highest BCUT2D eigenvalue weighted by atomic mass is 19.1. The lowest BCUT2D eigenvalue weighted by atomic mass is 10.0. The number of hydrogen-bond acceptors (Lipinski definition) is 1. The molecule has 1 nitrogen and oxygen atoms in total. The molecule has 1 N–H and O–H groups in total. The second-order valence-corrected chi connectivity index (χ2v) is 3.07. The Balaban J connectivity index is 2.73. The molecule has 0 spiro atoms. The van der Waals surface area contributed by atoms with E-state index in [1.54, 1.807) is 0 Å². The molecule has 1 aromatic carbocycles. The summed E-state index contributed by atoms with van der Waals surface area (Å²) in [6, 6.07) is 7.05. The SMILES string of the molecule is CCNC(CC)c1ccc(F)cc1. The monoisotopic (exact) mass is 181 g/mol. The van der Waals surface area contributed by atoms with E-state index in [0.717, 1.165) is 18.5 Å². The Bertz CT molecular complexity index is 243. The molecule has 0 amide bonds. The molecule has 1 aromatic rings. The number of benzene rings is 1. The summed E-state index contributed by atoms with van der Waals surface area (Å²) < 4.78 is 12.6. The number of halogens is 1. The van der Waals surface area contributed by atoms with Crippen molar-refractivity contribution in [3.63, 3.8) is 0 Å². The first-order chi connectivity index (χ1) is 6.27. The van der Waals surface area contributed by atoms with Crippen LogP contribution in [0.5, 0.6) is 0 Å². The average Bonchev–Trinajstić information content (AvgIpc) is 2.16. The van der Waals surface area contributed by atoms with Crippen molar-refractivity contribution >= 4 is 0 Å². The summed E-state index contributed by atoms with van der Waals surface area (Å²) in [5, 5.41) is 3.35. The van der Waals surface area contributed by atoms with Gasteiger partial charge in [-0.1, -0.05) is 26.0 Å². The molecule has 2 heteroatoms. The summed E-state index contributed by atoms with van der Waals surface area (Å²) in [7, 11) is 0. The minimum Gasteiger partial charge on any atom is -0.310 e. The number of rotatable bonds is 4. The van der Waals surface area contributed by atoms with E-state index in [2.05, 4.69) is 19.2 Å². The van der Waals surface area contributed by atoms with Gasteiger partial charge in [-0.2, -0.15) is 0 Å². The molecule has 13 heavy (non-hydrogen) atoms. The van der Waals surface area contributed by atoms with E-state index in [1.165, 1.54) is 12.1 Å². The Hall–Kier alpha value is -0.890. The largest absolute Gasteiger partial charge is 0.310 e. The Morgan fingerprint density at radius 1 is 1.23 bits per heavy atom. The molecule has 72 valence electrons. The maximum Gasteiger partial charge on any atom is 0.123 e. The standard InChI is InChI=1S/C11H16FN/c1-3-11(13-4-2)9-5-7-10(12)8-6-9/h5-8,11,13H,3-4H2,1-2H3. The van der Waals surface area contributed by atoms with Gasteiger partial charge in [0.1, 0.15) is 5.82 Å². The van der Waals surface area contributed by atoms with Crippen LogP contribution in [0.4, 0.5) is 4.39 Å². The molecule has 0 saturated carbocycles. The molecule has 0 saturated heterocycles. The average molecular weight is 181 g/mol. The van der Waals surface area contributed by atoms with Crippen molar-refractivity contribution in [3.05, 3.63) is 35.6 Å². The summed E-state index contributed by atoms with van der Waals surface area (Å²) in [6.45, 7) is 5.14. The maximum absolute atomic E-state index is 12.6. The van der Waals surface area contributed by atoms with Crippen molar-refractivity contribution in [2.75, 3.05) is 6.54 Å². The molecular formula is C11H16FN. The fraction of sp³-hybridized carbons (Fsp3) is 0.455. The van der Waals surface area contributed by atoms with Crippen LogP contribution < -0.4 is 5.32 Å². The Kier molecular flexibility index (Phi) is 3.90. The van der Waals surface area contributed by atoms with Gasteiger partial charge in [0, 0.05) is 6.04 Å². The molecule has 0 bridgehead atoms. The van der Waals surface area contributed by atoms with E-state index >= 15 is 0 Å². The van der Waals surface area contributed by atoms with Gasteiger partial charge in [0.05, 0.1) is 0 Å². The molecular weight excluding hydrogens is 165 g/mol. The third-order valence-corrected chi connectivity index (χ3v) is 2.13. The molecule has 0 aliphatic carbocycles. The Morgan fingerprint density at radius 3 is 2.31 bits per heavy atom. The van der Waals surface area contributed by atoms with E-state index in [-0.39, 0.29) is 5.82 Å². The van der Waals surface area contributed by atoms with E-state index < -0.39 is 0 Å². The molecule has 1 rings (SSSR count). The predicted molar refractivity (Wildman–Crippen MR) is 53.1 cm³/mol. The van der Waals surface area contributed by atoms with E-state index in [9.17, 15) is 4.39 Å². The van der Waals surface area contributed by atoms with Gasteiger partial charge >= 0.3 is 0 Å². The second kappa shape index (κ2) is 4.97. The molecule has 0 aliphatic heterocycles. The van der Waals surface area contributed by atoms with Gasteiger partial charge in [0.25, 0.3) is 0 Å². The maximum atomic E-state index is 12.6. The summed E-state index contributed by atoms with van der Waals surface area (Å²) in [6.07, 6.45) is 1.03. The van der Waals surface area contributed by atoms with Crippen molar-refractivity contribution < 1.29 is 4.39 Å². The topological polar surface area (TPSA) is 12.0 Å². The van der Waals surface area contributed by atoms with Crippen LogP contribution in [0.2, 0.25) is 0 Å². The zero-order valence-electron chi connectivity index (χ0n) is 8.18. The van der Waals surface area contributed by atoms with Crippen LogP contribution in [0.15, 0.2) is 24.3 Å². The zero-order chi connectivity index (χ0) is 9.68. The van der Waals surface area contributed by atoms with E-state index in [1.807, 2.05) is 12.1 Å². The molecule has 0 aromatic heterocycles. The Morgan fingerprint density at radius 2 is 1.85 bits per heavy atom. The van der Waals surface area contributed by atoms with Gasteiger partial charge in [-0.05, 0) is 30.7 Å². The second-order valence-electron chi connectivity index (χ2n) is 3.07. The van der Waals surface area contributed by atoms with Crippen LogP contribution in [0.25, 0.3) is 0 Å². The van der Waals surface area contributed by atoms with Gasteiger partial charge in [-0.3, -0.25) is 0 Å². The van der Waals surface area contributed by atoms with Crippen LogP contribution in [0, 0.1) is 5.82 Å². The molecule has 0 aliphatic rings. The van der Waals surface area contributed by atoms with Crippen LogP contribution in [0.3, 0.4) is 0 Å². The van der Waals surface area contributed by atoms with Crippen molar-refractivity contribution in [1.82, 2.24) is 5.32 Å². The van der Waals surface area contributed by atoms with Gasteiger partial charge in [0.15, 0.2) is 0 Å². The lowest BCUT2D eigenvalue weighted by Gasteiger charge is -2.15. The Labute approximate surface area is 79.0 Å². The summed E-state index contributed by atoms with van der Waals surface area (Å²) >= 11 is 0. The van der Waals surface area contributed by atoms with Gasteiger partial charge in [-0.15, -0.1) is 0 Å². The van der Waals surface area contributed by atoms with Gasteiger partial charge in [0.2, 0.25) is 0 Å². The molecule has 1 unspecified atom stereocenters. The highest BCUT2D eigenvalue weighted by molar-refractivity contribution is 5.19. The molecule has 0 heterocycles. The molecule has 0 radical (unpaired) electrons. The third-order valence-electron chi connectivity index (χ3n) is 2.13. The summed E-state index contributed by atoms with van der Waals surface area (Å²) in [5.74, 6) is -0.171. The minimum atomic E-state index is -0.171. The van der Waals surface area contributed by atoms with Crippen molar-refractivity contribution in [3.8, 4) is 0 Å². The van der Waals surface area contributed by atoms with Crippen LogP contribution in [-0.4, -0.2) is 6.54 Å². The van der Waals surface area contributed by atoms with Gasteiger partial charge in [-0.25, -0.2) is 4.39 Å². The number of hydrogen-bond donors (Lipinski definition) is 1. The normalized spacial score (nSPS) is 12.8. The lowest BCUT2D eigenvalue weighted by Crippen LogP contribution is -2.19. The highest BCUT2D eigenvalue weighted by Crippen LogP contribution is 2.16. The van der Waals surface area contributed by atoms with Crippen LogP contribution in [0.1, 0.15) is 31.9 Å². The van der Waals surface area contributed by atoms with E-state index in [4.69, 9.17) is 0 Å². The fourth-order valence-electron chi connectivity index (χ4n) is 1.44. The van der Waals surface area contributed by atoms with Crippen LogP contribution >= 0.6 is 0 Å². The van der Waals surface area contributed by atoms with Crippen molar-refractivity contribution in [2.45, 2.75) is 26.3 Å². The lowest BCUT2D eigenvalue weighted by molar-refractivity contribution is 0.535.